The van der Waals surface area contributed by atoms with Crippen LogP contribution in [0.3, 0.4) is 0 Å². The summed E-state index contributed by atoms with van der Waals surface area (Å²) < 4.78 is 55.1. The van der Waals surface area contributed by atoms with Gasteiger partial charge in [0.05, 0.1) is 19.1 Å². The molecule has 1 rings (SSSR count). The van der Waals surface area contributed by atoms with Crippen LogP contribution in [0.4, 0.5) is 13.2 Å². The number of ketones is 1. The fourth-order valence-corrected chi connectivity index (χ4v) is 2.96. The van der Waals surface area contributed by atoms with Crippen molar-refractivity contribution in [3.63, 3.8) is 0 Å². The van der Waals surface area contributed by atoms with Crippen LogP contribution in [-0.2, 0) is 20.9 Å². The average molecular weight is 301 g/mol. The van der Waals surface area contributed by atoms with Gasteiger partial charge in [-0.25, -0.2) is 0 Å². The zero-order chi connectivity index (χ0) is 14.6. The van der Waals surface area contributed by atoms with Crippen molar-refractivity contribution in [3.05, 3.63) is 0 Å². The molecule has 4 unspecified atom stereocenters. The summed E-state index contributed by atoms with van der Waals surface area (Å²) in [7, 11) is 0. The van der Waals surface area contributed by atoms with Crippen LogP contribution in [0.15, 0.2) is 0 Å². The van der Waals surface area contributed by atoms with E-state index in [0.717, 1.165) is 0 Å². The highest BCUT2D eigenvalue weighted by molar-refractivity contribution is 7.89. The van der Waals surface area contributed by atoms with Gasteiger partial charge in [-0.3, -0.25) is 4.79 Å². The lowest BCUT2D eigenvalue weighted by molar-refractivity contribution is -0.130. The molecule has 1 N–H and O–H groups in total. The molecule has 1 aliphatic heterocycles. The number of halogens is 3. The van der Waals surface area contributed by atoms with Gasteiger partial charge in [-0.2, -0.15) is 13.2 Å². The maximum atomic E-state index is 11.9. The van der Waals surface area contributed by atoms with Crippen molar-refractivity contribution in [2.75, 3.05) is 12.3 Å². The van der Waals surface area contributed by atoms with Crippen LogP contribution in [0.25, 0.3) is 0 Å². The van der Waals surface area contributed by atoms with Gasteiger partial charge in [-0.1, -0.05) is 6.92 Å². The first-order valence-electron chi connectivity index (χ1n) is 6.03. The van der Waals surface area contributed by atoms with Crippen LogP contribution in [-0.4, -0.2) is 41.0 Å². The number of alkyl halides is 3. The molecule has 1 fully saturated rings. The third-order valence-electron chi connectivity index (χ3n) is 2.93. The van der Waals surface area contributed by atoms with Crippen LogP contribution in [0.2, 0.25) is 0 Å². The first-order chi connectivity index (χ1) is 8.69. The molecule has 8 heteroatoms. The van der Waals surface area contributed by atoms with E-state index in [1.165, 1.54) is 6.92 Å². The number of hydrogen-bond acceptors (Lipinski definition) is 4. The van der Waals surface area contributed by atoms with E-state index in [4.69, 9.17) is 4.74 Å². The van der Waals surface area contributed by atoms with Crippen molar-refractivity contribution in [1.29, 1.82) is 0 Å². The Labute approximate surface area is 113 Å². The molecule has 112 valence electrons. The maximum absolute atomic E-state index is 11.9. The van der Waals surface area contributed by atoms with Crippen molar-refractivity contribution < 1.29 is 27.3 Å². The Kier molecular flexibility index (Phi) is 6.10. The highest BCUT2D eigenvalue weighted by Gasteiger charge is 2.36. The van der Waals surface area contributed by atoms with Crippen LogP contribution >= 0.6 is 0 Å². The van der Waals surface area contributed by atoms with Crippen LogP contribution in [0.1, 0.15) is 26.7 Å². The normalized spacial score (nSPS) is 29.5. The van der Waals surface area contributed by atoms with Gasteiger partial charge in [0.1, 0.15) is 11.9 Å². The van der Waals surface area contributed by atoms with Gasteiger partial charge in [0.2, 0.25) is 0 Å². The van der Waals surface area contributed by atoms with E-state index in [2.05, 4.69) is 4.72 Å². The Morgan fingerprint density at radius 3 is 2.63 bits per heavy atom. The summed E-state index contributed by atoms with van der Waals surface area (Å²) in [5.74, 6) is -0.455. The predicted octanol–water partition coefficient (Wildman–Crippen LogP) is 1.57. The van der Waals surface area contributed by atoms with Gasteiger partial charge in [-0.15, -0.1) is 4.72 Å². The second-order valence-electron chi connectivity index (χ2n) is 4.77. The summed E-state index contributed by atoms with van der Waals surface area (Å²) in [6.07, 6.45) is -5.48. The predicted molar refractivity (Wildman–Crippen MR) is 64.8 cm³/mol. The molecule has 0 radical (unpaired) electrons. The van der Waals surface area contributed by atoms with Crippen molar-refractivity contribution in [1.82, 2.24) is 4.72 Å². The van der Waals surface area contributed by atoms with Gasteiger partial charge in [0.15, 0.2) is 5.78 Å². The lowest BCUT2D eigenvalue weighted by Crippen LogP contribution is -2.35. The number of nitrogens with one attached hydrogen (secondary N) is 1. The summed E-state index contributed by atoms with van der Waals surface area (Å²) in [5.41, 5.74) is 0. The molecule has 0 bridgehead atoms. The third kappa shape index (κ3) is 6.11. The number of ether oxygens (including phenoxy) is 1. The number of carbonyl (C=O) groups excluding carboxylic acids is 1. The minimum absolute atomic E-state index is 0.0619. The average Bonchev–Trinajstić information content (AvgIpc) is 2.64. The molecule has 1 saturated heterocycles. The SMILES string of the molecule is CC(=O)C1OC(CN[S+]([O-])CCC(F)(F)F)CC1C. The Morgan fingerprint density at radius 1 is 1.53 bits per heavy atom. The third-order valence-corrected chi connectivity index (χ3v) is 4.00. The van der Waals surface area contributed by atoms with Crippen LogP contribution in [0, 0.1) is 5.92 Å². The summed E-state index contributed by atoms with van der Waals surface area (Å²) in [4.78, 5) is 11.2. The molecular formula is C11H18F3NO3S. The zero-order valence-electron chi connectivity index (χ0n) is 10.8. The monoisotopic (exact) mass is 301 g/mol. The highest BCUT2D eigenvalue weighted by atomic mass is 32.2. The molecule has 0 aromatic rings. The highest BCUT2D eigenvalue weighted by Crippen LogP contribution is 2.26. The van der Waals surface area contributed by atoms with E-state index in [1.807, 2.05) is 6.92 Å². The van der Waals surface area contributed by atoms with E-state index >= 15 is 0 Å². The van der Waals surface area contributed by atoms with Crippen molar-refractivity contribution in [2.45, 2.75) is 45.1 Å². The molecule has 0 aromatic heterocycles. The van der Waals surface area contributed by atoms with Gasteiger partial charge in [0.25, 0.3) is 0 Å². The first kappa shape index (κ1) is 16.7. The maximum Gasteiger partial charge on any atom is 0.393 e. The second kappa shape index (κ2) is 6.92. The van der Waals surface area contributed by atoms with E-state index in [0.29, 0.717) is 6.42 Å². The quantitative estimate of drug-likeness (QED) is 0.757. The molecule has 0 spiro atoms. The molecule has 0 aliphatic carbocycles. The number of rotatable bonds is 6. The zero-order valence-corrected chi connectivity index (χ0v) is 11.6. The molecule has 19 heavy (non-hydrogen) atoms. The van der Waals surface area contributed by atoms with Crippen molar-refractivity contribution in [3.8, 4) is 0 Å². The Balaban J connectivity index is 2.25. The molecule has 4 nitrogen and oxygen atoms in total. The van der Waals surface area contributed by atoms with E-state index < -0.39 is 35.8 Å². The standard InChI is InChI=1S/C11H18F3NO3S/c1-7-5-9(18-10(7)8(2)16)6-15-19(17)4-3-11(12,13)14/h7,9-10,15H,3-6H2,1-2H3. The number of Topliss-reactive ketones (excluding diaryl/α,β-unsaturated/α-hetero) is 1. The Hall–Kier alpha value is -0.310. The number of hydrogen-bond donors (Lipinski definition) is 1. The molecule has 0 saturated carbocycles. The van der Waals surface area contributed by atoms with E-state index in [-0.39, 0.29) is 24.3 Å². The summed E-state index contributed by atoms with van der Waals surface area (Å²) in [6.45, 7) is 3.52. The number of carbonyl (C=O) groups is 1. The lowest BCUT2D eigenvalue weighted by atomic mass is 9.99. The van der Waals surface area contributed by atoms with Gasteiger partial charge in [0, 0.05) is 11.4 Å². The molecule has 1 heterocycles. The van der Waals surface area contributed by atoms with Crippen molar-refractivity contribution >= 4 is 17.1 Å². The Morgan fingerprint density at radius 2 is 2.16 bits per heavy atom. The minimum Gasteiger partial charge on any atom is -0.598 e. The van der Waals surface area contributed by atoms with Crippen LogP contribution < -0.4 is 4.72 Å². The topological polar surface area (TPSA) is 61.4 Å². The molecular weight excluding hydrogens is 283 g/mol. The summed E-state index contributed by atoms with van der Waals surface area (Å²) >= 11 is -1.73. The second-order valence-corrected chi connectivity index (χ2v) is 6.15. The molecule has 1 aliphatic rings. The summed E-state index contributed by atoms with van der Waals surface area (Å²) in [6, 6.07) is 0. The van der Waals surface area contributed by atoms with Gasteiger partial charge >= 0.3 is 6.18 Å². The van der Waals surface area contributed by atoms with Crippen molar-refractivity contribution in [2.24, 2.45) is 5.92 Å². The summed E-state index contributed by atoms with van der Waals surface area (Å²) in [5, 5.41) is 0. The van der Waals surface area contributed by atoms with Gasteiger partial charge in [-0.05, 0) is 19.3 Å². The molecule has 0 amide bonds. The van der Waals surface area contributed by atoms with Crippen LogP contribution in [0.5, 0.6) is 0 Å². The fraction of sp³-hybridized carbons (Fsp3) is 0.909. The minimum atomic E-state index is -4.30. The first-order valence-corrected chi connectivity index (χ1v) is 7.35. The Bertz CT molecular complexity index is 314. The largest absolute Gasteiger partial charge is 0.598 e. The lowest BCUT2D eigenvalue weighted by Gasteiger charge is -2.15. The van der Waals surface area contributed by atoms with Gasteiger partial charge < -0.3 is 9.29 Å². The van der Waals surface area contributed by atoms with E-state index in [9.17, 15) is 22.5 Å². The molecule has 0 aromatic carbocycles. The smallest absolute Gasteiger partial charge is 0.393 e. The molecule has 4 atom stereocenters. The fourth-order valence-electron chi connectivity index (χ4n) is 2.03. The van der Waals surface area contributed by atoms with E-state index in [1.54, 1.807) is 0 Å².